The topological polar surface area (TPSA) is 32.7 Å². The van der Waals surface area contributed by atoms with Gasteiger partial charge in [-0.05, 0) is 60.7 Å². The lowest BCUT2D eigenvalue weighted by atomic mass is 9.87. The van der Waals surface area contributed by atoms with Crippen LogP contribution < -0.4 is 9.64 Å². The summed E-state index contributed by atoms with van der Waals surface area (Å²) in [6.07, 6.45) is 0.599. The first-order chi connectivity index (χ1) is 11.3. The van der Waals surface area contributed by atoms with E-state index in [0.29, 0.717) is 0 Å². The molecule has 2 aromatic rings. The first kappa shape index (κ1) is 16.8. The molecule has 1 aliphatic heterocycles. The highest BCUT2D eigenvalue weighted by Crippen LogP contribution is 2.30. The Morgan fingerprint density at radius 1 is 0.958 bits per heavy atom. The fraction of sp³-hybridized carbons (Fsp3) is 0.429. The zero-order chi connectivity index (χ0) is 17.3. The van der Waals surface area contributed by atoms with E-state index in [-0.39, 0.29) is 17.6 Å². The molecule has 1 heterocycles. The van der Waals surface area contributed by atoms with Gasteiger partial charge in [-0.15, -0.1) is 0 Å². The fourth-order valence-corrected chi connectivity index (χ4v) is 3.15. The summed E-state index contributed by atoms with van der Waals surface area (Å²) in [6, 6.07) is 16.6. The van der Waals surface area contributed by atoms with Gasteiger partial charge in [0.1, 0.15) is 11.5 Å². The average molecular weight is 325 g/mol. The molecule has 0 saturated carbocycles. The molecular formula is C21H27NO2. The number of rotatable bonds is 3. The average Bonchev–Trinajstić information content (AvgIpc) is 2.88. The minimum atomic E-state index is -0.234. The van der Waals surface area contributed by atoms with Crippen LogP contribution in [0.1, 0.15) is 39.7 Å². The number of anilines is 1. The standard InChI is InChI=1S/C21H27NO2/c1-15-20(23)13-14-22(15)17-7-11-19(12-8-17)24-18-9-5-16(6-10-18)21(2,3)4/h5-12,15,20,23H,13-14H2,1-4H3. The van der Waals surface area contributed by atoms with Gasteiger partial charge in [-0.25, -0.2) is 0 Å². The van der Waals surface area contributed by atoms with Gasteiger partial charge in [-0.3, -0.25) is 0 Å². The molecule has 0 radical (unpaired) electrons. The number of nitrogens with zero attached hydrogens (tertiary/aromatic N) is 1. The second-order valence-corrected chi connectivity index (χ2v) is 7.66. The van der Waals surface area contributed by atoms with E-state index < -0.39 is 0 Å². The van der Waals surface area contributed by atoms with E-state index in [1.165, 1.54) is 5.56 Å². The van der Waals surface area contributed by atoms with E-state index in [9.17, 15) is 5.11 Å². The molecule has 2 aromatic carbocycles. The van der Waals surface area contributed by atoms with Crippen molar-refractivity contribution in [3.63, 3.8) is 0 Å². The van der Waals surface area contributed by atoms with Crippen molar-refractivity contribution in [2.45, 2.75) is 51.7 Å². The Morgan fingerprint density at radius 3 is 1.96 bits per heavy atom. The molecular weight excluding hydrogens is 298 g/mol. The summed E-state index contributed by atoms with van der Waals surface area (Å²) in [6.45, 7) is 9.59. The third-order valence-corrected chi connectivity index (χ3v) is 4.84. The summed E-state index contributed by atoms with van der Waals surface area (Å²) < 4.78 is 5.94. The van der Waals surface area contributed by atoms with Crippen LogP contribution in [0, 0.1) is 0 Å². The van der Waals surface area contributed by atoms with E-state index in [2.05, 4.69) is 56.9 Å². The maximum Gasteiger partial charge on any atom is 0.127 e. The monoisotopic (exact) mass is 325 g/mol. The number of aliphatic hydroxyl groups excluding tert-OH is 1. The minimum Gasteiger partial charge on any atom is -0.457 e. The van der Waals surface area contributed by atoms with Gasteiger partial charge in [0.15, 0.2) is 0 Å². The zero-order valence-corrected chi connectivity index (χ0v) is 15.0. The van der Waals surface area contributed by atoms with Crippen LogP contribution in [0.25, 0.3) is 0 Å². The van der Waals surface area contributed by atoms with E-state index >= 15 is 0 Å². The van der Waals surface area contributed by atoms with Crippen LogP contribution in [-0.4, -0.2) is 23.8 Å². The van der Waals surface area contributed by atoms with Gasteiger partial charge in [0, 0.05) is 12.2 Å². The summed E-state index contributed by atoms with van der Waals surface area (Å²) in [5.74, 6) is 1.68. The molecule has 2 unspecified atom stereocenters. The molecule has 1 N–H and O–H groups in total. The van der Waals surface area contributed by atoms with Gasteiger partial charge in [0.05, 0.1) is 12.1 Å². The van der Waals surface area contributed by atoms with Crippen LogP contribution in [-0.2, 0) is 5.41 Å². The third kappa shape index (κ3) is 3.57. The Hall–Kier alpha value is -2.00. The summed E-state index contributed by atoms with van der Waals surface area (Å²) in [7, 11) is 0. The molecule has 0 amide bonds. The lowest BCUT2D eigenvalue weighted by Gasteiger charge is -2.25. The molecule has 128 valence electrons. The predicted molar refractivity (Wildman–Crippen MR) is 99.1 cm³/mol. The molecule has 3 nitrogen and oxygen atoms in total. The highest BCUT2D eigenvalue weighted by Gasteiger charge is 2.28. The molecule has 0 aliphatic carbocycles. The van der Waals surface area contributed by atoms with Crippen LogP contribution >= 0.6 is 0 Å². The van der Waals surface area contributed by atoms with Gasteiger partial charge in [0.25, 0.3) is 0 Å². The van der Waals surface area contributed by atoms with Crippen molar-refractivity contribution >= 4 is 5.69 Å². The Kier molecular flexibility index (Phi) is 4.55. The van der Waals surface area contributed by atoms with Gasteiger partial charge < -0.3 is 14.7 Å². The summed E-state index contributed by atoms with van der Waals surface area (Å²) >= 11 is 0. The van der Waals surface area contributed by atoms with E-state index in [1.54, 1.807) is 0 Å². The molecule has 3 rings (SSSR count). The molecule has 3 heteroatoms. The first-order valence-corrected chi connectivity index (χ1v) is 8.68. The molecule has 1 aliphatic rings. The zero-order valence-electron chi connectivity index (χ0n) is 15.0. The largest absolute Gasteiger partial charge is 0.457 e. The molecule has 1 saturated heterocycles. The minimum absolute atomic E-state index is 0.150. The van der Waals surface area contributed by atoms with Crippen molar-refractivity contribution in [1.82, 2.24) is 0 Å². The molecule has 1 fully saturated rings. The van der Waals surface area contributed by atoms with Crippen LogP contribution in [0.4, 0.5) is 5.69 Å². The maximum atomic E-state index is 9.89. The Balaban J connectivity index is 1.68. The Bertz CT molecular complexity index is 670. The van der Waals surface area contributed by atoms with Crippen molar-refractivity contribution in [3.05, 3.63) is 54.1 Å². The normalized spacial score (nSPS) is 21.1. The molecule has 24 heavy (non-hydrogen) atoms. The first-order valence-electron chi connectivity index (χ1n) is 8.68. The van der Waals surface area contributed by atoms with Gasteiger partial charge >= 0.3 is 0 Å². The fourth-order valence-electron chi connectivity index (χ4n) is 3.15. The molecule has 0 aromatic heterocycles. The van der Waals surface area contributed by atoms with Gasteiger partial charge in [-0.1, -0.05) is 32.9 Å². The van der Waals surface area contributed by atoms with Crippen molar-refractivity contribution < 1.29 is 9.84 Å². The predicted octanol–water partition coefficient (Wildman–Crippen LogP) is 4.74. The van der Waals surface area contributed by atoms with Crippen molar-refractivity contribution in [1.29, 1.82) is 0 Å². The summed E-state index contributed by atoms with van der Waals surface area (Å²) in [5.41, 5.74) is 2.58. The third-order valence-electron chi connectivity index (χ3n) is 4.84. The molecule has 2 atom stereocenters. The lowest BCUT2D eigenvalue weighted by molar-refractivity contribution is 0.170. The second kappa shape index (κ2) is 6.48. The van der Waals surface area contributed by atoms with Gasteiger partial charge in [-0.2, -0.15) is 0 Å². The highest BCUT2D eigenvalue weighted by atomic mass is 16.5. The highest BCUT2D eigenvalue weighted by molar-refractivity contribution is 5.51. The number of ether oxygens (including phenoxy) is 1. The van der Waals surface area contributed by atoms with Crippen LogP contribution in [0.15, 0.2) is 48.5 Å². The number of hydrogen-bond donors (Lipinski definition) is 1. The van der Waals surface area contributed by atoms with Crippen molar-refractivity contribution in [2.24, 2.45) is 0 Å². The maximum absolute atomic E-state index is 9.89. The van der Waals surface area contributed by atoms with Crippen molar-refractivity contribution in [2.75, 3.05) is 11.4 Å². The lowest BCUT2D eigenvalue weighted by Crippen LogP contribution is -2.31. The Labute approximate surface area is 144 Å². The molecule has 0 spiro atoms. The Morgan fingerprint density at radius 2 is 1.50 bits per heavy atom. The van der Waals surface area contributed by atoms with Crippen LogP contribution in [0.5, 0.6) is 11.5 Å². The van der Waals surface area contributed by atoms with E-state index in [4.69, 9.17) is 4.74 Å². The smallest absolute Gasteiger partial charge is 0.127 e. The van der Waals surface area contributed by atoms with Gasteiger partial charge in [0.2, 0.25) is 0 Å². The number of benzene rings is 2. The SMILES string of the molecule is CC1C(O)CCN1c1ccc(Oc2ccc(C(C)(C)C)cc2)cc1. The molecule has 0 bridgehead atoms. The quantitative estimate of drug-likeness (QED) is 0.885. The number of hydrogen-bond acceptors (Lipinski definition) is 3. The van der Waals surface area contributed by atoms with E-state index in [0.717, 1.165) is 30.2 Å². The van der Waals surface area contributed by atoms with E-state index in [1.807, 2.05) is 24.3 Å². The van der Waals surface area contributed by atoms with Crippen LogP contribution in [0.2, 0.25) is 0 Å². The van der Waals surface area contributed by atoms with Crippen molar-refractivity contribution in [3.8, 4) is 11.5 Å². The summed E-state index contributed by atoms with van der Waals surface area (Å²) in [5, 5.41) is 9.89. The second-order valence-electron chi connectivity index (χ2n) is 7.66. The number of aliphatic hydroxyl groups is 1. The summed E-state index contributed by atoms with van der Waals surface area (Å²) in [4.78, 5) is 2.24. The van der Waals surface area contributed by atoms with Crippen LogP contribution in [0.3, 0.4) is 0 Å².